The topological polar surface area (TPSA) is 82.2 Å². The van der Waals surface area contributed by atoms with Crippen LogP contribution in [0.3, 0.4) is 0 Å². The highest BCUT2D eigenvalue weighted by Crippen LogP contribution is 2.12. The highest BCUT2D eigenvalue weighted by atomic mass is 16.6. The van der Waals surface area contributed by atoms with Crippen LogP contribution in [0, 0.1) is 0 Å². The second-order valence-corrected chi connectivity index (χ2v) is 4.79. The number of nitrogens with two attached hydrogens (primary N) is 1. The third-order valence-corrected chi connectivity index (χ3v) is 2.99. The standard InChI is InChI=1S/C16H20N4O2/c17-16(21)8-4-5-11-22-19-15(12-20-10-9-18-13-20)14-6-2-1-3-7-14/h1-3,6-7,9-10,12-13,19H,4-5,8,11H2,(H2,17,21). The van der Waals surface area contributed by atoms with Crippen molar-refractivity contribution in [2.75, 3.05) is 6.61 Å². The Bertz CT molecular complexity index is 594. The van der Waals surface area contributed by atoms with Crippen LogP contribution in [0.1, 0.15) is 24.8 Å². The fraction of sp³-hybridized carbons (Fsp3) is 0.250. The number of amides is 1. The van der Waals surface area contributed by atoms with Gasteiger partial charge in [0.2, 0.25) is 5.91 Å². The van der Waals surface area contributed by atoms with E-state index in [1.807, 2.05) is 47.3 Å². The van der Waals surface area contributed by atoms with Crippen molar-refractivity contribution in [3.8, 4) is 0 Å². The highest BCUT2D eigenvalue weighted by molar-refractivity contribution is 5.73. The molecule has 0 spiro atoms. The molecule has 1 aromatic heterocycles. The molecule has 0 saturated carbocycles. The molecule has 2 rings (SSSR count). The quantitative estimate of drug-likeness (QED) is 0.548. The van der Waals surface area contributed by atoms with Gasteiger partial charge in [-0.15, -0.1) is 0 Å². The zero-order chi connectivity index (χ0) is 15.6. The predicted molar refractivity (Wildman–Crippen MR) is 85.0 cm³/mol. The van der Waals surface area contributed by atoms with Crippen LogP contribution in [0.25, 0.3) is 11.9 Å². The molecule has 0 atom stereocenters. The minimum atomic E-state index is -0.280. The Labute approximate surface area is 129 Å². The van der Waals surface area contributed by atoms with Crippen molar-refractivity contribution in [3.05, 3.63) is 54.6 Å². The number of nitrogens with one attached hydrogen (secondary N) is 1. The minimum Gasteiger partial charge on any atom is -0.370 e. The van der Waals surface area contributed by atoms with Crippen LogP contribution >= 0.6 is 0 Å². The molecule has 0 aliphatic carbocycles. The van der Waals surface area contributed by atoms with E-state index in [1.165, 1.54) is 0 Å². The number of benzene rings is 1. The number of hydrogen-bond donors (Lipinski definition) is 2. The molecule has 0 unspecified atom stereocenters. The number of hydroxylamine groups is 1. The Morgan fingerprint density at radius 2 is 2.14 bits per heavy atom. The third kappa shape index (κ3) is 5.41. The molecule has 6 heteroatoms. The largest absolute Gasteiger partial charge is 0.370 e. The van der Waals surface area contributed by atoms with Gasteiger partial charge in [-0.2, -0.15) is 0 Å². The van der Waals surface area contributed by atoms with Crippen LogP contribution in [0.15, 0.2) is 49.1 Å². The molecule has 1 heterocycles. The summed E-state index contributed by atoms with van der Waals surface area (Å²) in [4.78, 5) is 20.1. The highest BCUT2D eigenvalue weighted by Gasteiger charge is 2.02. The molecule has 0 bridgehead atoms. The lowest BCUT2D eigenvalue weighted by molar-refractivity contribution is -0.118. The predicted octanol–water partition coefficient (Wildman–Crippen LogP) is 2.02. The molecule has 2 aromatic rings. The van der Waals surface area contributed by atoms with Crippen LogP contribution in [-0.2, 0) is 9.63 Å². The van der Waals surface area contributed by atoms with Crippen LogP contribution in [0.4, 0.5) is 0 Å². The monoisotopic (exact) mass is 300 g/mol. The van der Waals surface area contributed by atoms with Crippen molar-refractivity contribution in [1.82, 2.24) is 15.0 Å². The van der Waals surface area contributed by atoms with Gasteiger partial charge in [0.05, 0.1) is 18.6 Å². The Balaban J connectivity index is 1.90. The number of hydrogen-bond acceptors (Lipinski definition) is 4. The molecule has 1 aromatic carbocycles. The molecule has 3 N–H and O–H groups in total. The number of nitrogens with zero attached hydrogens (tertiary/aromatic N) is 2. The molecule has 1 amide bonds. The summed E-state index contributed by atoms with van der Waals surface area (Å²) in [5.41, 5.74) is 9.89. The average molecular weight is 300 g/mol. The number of aromatic nitrogens is 2. The van der Waals surface area contributed by atoms with E-state index in [9.17, 15) is 4.79 Å². The van der Waals surface area contributed by atoms with Crippen LogP contribution in [-0.4, -0.2) is 22.1 Å². The smallest absolute Gasteiger partial charge is 0.217 e. The van der Waals surface area contributed by atoms with E-state index in [0.717, 1.165) is 24.1 Å². The average Bonchev–Trinajstić information content (AvgIpc) is 3.03. The lowest BCUT2D eigenvalue weighted by Crippen LogP contribution is -2.15. The lowest BCUT2D eigenvalue weighted by atomic mass is 10.2. The van der Waals surface area contributed by atoms with Crippen molar-refractivity contribution >= 4 is 17.8 Å². The van der Waals surface area contributed by atoms with Gasteiger partial charge in [-0.25, -0.2) is 4.98 Å². The zero-order valence-corrected chi connectivity index (χ0v) is 12.3. The molecule has 0 fully saturated rings. The Morgan fingerprint density at radius 3 is 2.82 bits per heavy atom. The van der Waals surface area contributed by atoms with Gasteiger partial charge in [0.25, 0.3) is 0 Å². The maximum atomic E-state index is 10.7. The molecule has 0 saturated heterocycles. The number of rotatable bonds is 9. The molecule has 22 heavy (non-hydrogen) atoms. The molecular weight excluding hydrogens is 280 g/mol. The van der Waals surface area contributed by atoms with Gasteiger partial charge >= 0.3 is 0 Å². The van der Waals surface area contributed by atoms with E-state index < -0.39 is 0 Å². The Kier molecular flexibility index (Phi) is 6.19. The first-order valence-corrected chi connectivity index (χ1v) is 7.16. The first-order chi connectivity index (χ1) is 10.8. The number of carbonyl (C=O) groups is 1. The lowest BCUT2D eigenvalue weighted by Gasteiger charge is -2.11. The Hall–Kier alpha value is -2.60. The van der Waals surface area contributed by atoms with E-state index in [1.54, 1.807) is 12.5 Å². The summed E-state index contributed by atoms with van der Waals surface area (Å²) in [6.07, 6.45) is 9.04. The fourth-order valence-electron chi connectivity index (χ4n) is 1.87. The summed E-state index contributed by atoms with van der Waals surface area (Å²) in [6.45, 7) is 0.501. The van der Waals surface area contributed by atoms with Crippen molar-refractivity contribution in [1.29, 1.82) is 0 Å². The first kappa shape index (κ1) is 15.8. The molecule has 0 aliphatic heterocycles. The van der Waals surface area contributed by atoms with Crippen molar-refractivity contribution in [3.63, 3.8) is 0 Å². The van der Waals surface area contributed by atoms with Crippen LogP contribution in [0.5, 0.6) is 0 Å². The van der Waals surface area contributed by atoms with Crippen molar-refractivity contribution < 1.29 is 9.63 Å². The van der Waals surface area contributed by atoms with Crippen LogP contribution < -0.4 is 11.2 Å². The summed E-state index contributed by atoms with van der Waals surface area (Å²) < 4.78 is 1.84. The van der Waals surface area contributed by atoms with Gasteiger partial charge in [0.15, 0.2) is 0 Å². The maximum Gasteiger partial charge on any atom is 0.217 e. The molecule has 0 aliphatic rings. The van der Waals surface area contributed by atoms with E-state index in [4.69, 9.17) is 10.6 Å². The summed E-state index contributed by atoms with van der Waals surface area (Å²) >= 11 is 0. The fourth-order valence-corrected chi connectivity index (χ4v) is 1.87. The van der Waals surface area contributed by atoms with E-state index in [2.05, 4.69) is 10.5 Å². The summed E-state index contributed by atoms with van der Waals surface area (Å²) in [6, 6.07) is 9.87. The van der Waals surface area contributed by atoms with E-state index in [-0.39, 0.29) is 5.91 Å². The zero-order valence-electron chi connectivity index (χ0n) is 12.3. The SMILES string of the molecule is NC(=O)CCCCONC(=Cn1ccnc1)c1ccccc1. The second kappa shape index (κ2) is 8.63. The van der Waals surface area contributed by atoms with E-state index >= 15 is 0 Å². The summed E-state index contributed by atoms with van der Waals surface area (Å²) in [5, 5.41) is 0. The second-order valence-electron chi connectivity index (χ2n) is 4.79. The van der Waals surface area contributed by atoms with Gasteiger partial charge in [0.1, 0.15) is 0 Å². The van der Waals surface area contributed by atoms with Crippen molar-refractivity contribution in [2.24, 2.45) is 5.73 Å². The molecule has 6 nitrogen and oxygen atoms in total. The van der Waals surface area contributed by atoms with E-state index in [0.29, 0.717) is 13.0 Å². The van der Waals surface area contributed by atoms with Gasteiger partial charge in [0, 0.05) is 30.6 Å². The molecule has 116 valence electrons. The van der Waals surface area contributed by atoms with Crippen molar-refractivity contribution in [2.45, 2.75) is 19.3 Å². The normalized spacial score (nSPS) is 11.4. The Morgan fingerprint density at radius 1 is 1.32 bits per heavy atom. The third-order valence-electron chi connectivity index (χ3n) is 2.99. The number of unbranched alkanes of at least 4 members (excludes halogenated alkanes) is 1. The van der Waals surface area contributed by atoms with Gasteiger partial charge in [-0.3, -0.25) is 15.1 Å². The number of imidazole rings is 1. The number of primary amides is 1. The minimum absolute atomic E-state index is 0.280. The molecular formula is C16H20N4O2. The summed E-state index contributed by atoms with van der Waals surface area (Å²) in [7, 11) is 0. The maximum absolute atomic E-state index is 10.7. The van der Waals surface area contributed by atoms with Gasteiger partial charge in [-0.1, -0.05) is 30.3 Å². The van der Waals surface area contributed by atoms with Gasteiger partial charge in [-0.05, 0) is 12.8 Å². The van der Waals surface area contributed by atoms with Crippen LogP contribution in [0.2, 0.25) is 0 Å². The van der Waals surface area contributed by atoms with Gasteiger partial charge < -0.3 is 10.3 Å². The summed E-state index contributed by atoms with van der Waals surface area (Å²) in [5.74, 6) is -0.280. The number of carbonyl (C=O) groups excluding carboxylic acids is 1. The molecule has 0 radical (unpaired) electrons. The first-order valence-electron chi connectivity index (χ1n) is 7.16.